The highest BCUT2D eigenvalue weighted by Crippen LogP contribution is 2.20. The summed E-state index contributed by atoms with van der Waals surface area (Å²) in [7, 11) is 1.51. The fourth-order valence-electron chi connectivity index (χ4n) is 1.53. The van der Waals surface area contributed by atoms with Crippen LogP contribution in [0.5, 0.6) is 0 Å². The van der Waals surface area contributed by atoms with E-state index in [9.17, 15) is 9.90 Å². The van der Waals surface area contributed by atoms with Crippen LogP contribution in [-0.2, 0) is 7.80 Å². The van der Waals surface area contributed by atoms with Crippen molar-refractivity contribution in [2.45, 2.75) is 37.6 Å². The van der Waals surface area contributed by atoms with Gasteiger partial charge in [-0.3, -0.25) is 0 Å². The summed E-state index contributed by atoms with van der Waals surface area (Å²) in [5.74, 6) is 0. The number of halogens is 1. The summed E-state index contributed by atoms with van der Waals surface area (Å²) >= 11 is 1.83. The van der Waals surface area contributed by atoms with Gasteiger partial charge in [0.05, 0.1) is 12.2 Å². The molecule has 0 radical (unpaired) electrons. The zero-order valence-corrected chi connectivity index (χ0v) is 11.2. The van der Waals surface area contributed by atoms with Crippen LogP contribution in [0.4, 0.5) is 4.79 Å². The Hall–Kier alpha value is -0.340. The Morgan fingerprint density at radius 3 is 2.88 bits per heavy atom. The van der Waals surface area contributed by atoms with E-state index in [0.717, 1.165) is 6.42 Å². The molecule has 0 heterocycles. The molecule has 0 spiro atoms. The summed E-state index contributed by atoms with van der Waals surface area (Å²) in [6.07, 6.45) is 4.07. The Bertz CT molecular complexity index is 259. The van der Waals surface area contributed by atoms with Crippen LogP contribution in [0.3, 0.4) is 0 Å². The molecule has 1 rings (SSSR count). The lowest BCUT2D eigenvalue weighted by Gasteiger charge is -2.22. The highest BCUT2D eigenvalue weighted by molar-refractivity contribution is 14.1. The molecule has 5 nitrogen and oxygen atoms in total. The Kier molecular flexibility index (Phi) is 6.07. The number of aliphatic hydroxyl groups excluding tert-OH is 1. The topological polar surface area (TPSA) is 67.8 Å². The molecule has 1 amide bonds. The quantitative estimate of drug-likeness (QED) is 0.591. The van der Waals surface area contributed by atoms with Gasteiger partial charge in [0.1, 0.15) is 29.1 Å². The Labute approximate surface area is 109 Å². The van der Waals surface area contributed by atoms with E-state index in [2.05, 4.69) is 5.32 Å². The van der Waals surface area contributed by atoms with Crippen LogP contribution in [0, 0.1) is 0 Å². The summed E-state index contributed by atoms with van der Waals surface area (Å²) in [5, 5.41) is 11.9. The van der Waals surface area contributed by atoms with Crippen LogP contribution in [0.25, 0.3) is 0 Å². The third kappa shape index (κ3) is 4.67. The number of nitrogens with one attached hydrogen (secondary N) is 1. The van der Waals surface area contributed by atoms with Crippen molar-refractivity contribution in [3.05, 3.63) is 12.2 Å². The fourth-order valence-corrected chi connectivity index (χ4v) is 1.99. The van der Waals surface area contributed by atoms with Crippen molar-refractivity contribution in [2.24, 2.45) is 0 Å². The number of aliphatic hydroxyl groups is 1. The molecule has 6 heteroatoms. The molecule has 0 aliphatic heterocycles. The van der Waals surface area contributed by atoms with Crippen molar-refractivity contribution in [2.75, 3.05) is 7.05 Å². The maximum atomic E-state index is 11.1. The summed E-state index contributed by atoms with van der Waals surface area (Å²) in [6, 6.07) is 0. The molecule has 0 fully saturated rings. The van der Waals surface area contributed by atoms with Gasteiger partial charge in [-0.15, -0.1) is 0 Å². The number of amides is 1. The maximum Gasteiger partial charge on any atom is 0.407 e. The first-order valence-corrected chi connectivity index (χ1v) is 6.06. The third-order valence-corrected chi connectivity index (χ3v) is 3.14. The van der Waals surface area contributed by atoms with Gasteiger partial charge in [-0.2, -0.15) is 0 Å². The lowest BCUT2D eigenvalue weighted by Crippen LogP contribution is -2.29. The molecule has 3 unspecified atom stereocenters. The van der Waals surface area contributed by atoms with E-state index in [1.165, 1.54) is 7.05 Å². The number of carbonyl (C=O) groups is 1. The number of hydrogen-bond donors (Lipinski definition) is 2. The van der Waals surface area contributed by atoms with E-state index < -0.39 is 12.2 Å². The maximum absolute atomic E-state index is 11.1. The average Bonchev–Trinajstić information content (AvgIpc) is 2.28. The number of hydrogen-bond acceptors (Lipinski definition) is 4. The molecule has 3 atom stereocenters. The van der Waals surface area contributed by atoms with Crippen LogP contribution in [-0.4, -0.2) is 36.6 Å². The number of alkyl carbamates (subject to hydrolysis) is 1. The smallest absolute Gasteiger partial charge is 0.407 e. The fraction of sp³-hybridized carbons (Fsp3) is 0.700. The van der Waals surface area contributed by atoms with Crippen molar-refractivity contribution < 1.29 is 17.7 Å². The van der Waals surface area contributed by atoms with Crippen LogP contribution in [0.2, 0.25) is 0 Å². The standard InChI is InChI=1S/C10H16INO4/c1-12-10(14)15-8-4-2-7(13)3-5-9(6-8)16-11/h2,4,7-9,13H,3,5-6H2,1H3,(H,12,14)/b4-2+. The minimum Gasteiger partial charge on any atom is -0.442 e. The van der Waals surface area contributed by atoms with Crippen LogP contribution in [0.1, 0.15) is 19.3 Å². The van der Waals surface area contributed by atoms with Crippen molar-refractivity contribution in [3.63, 3.8) is 0 Å². The van der Waals surface area contributed by atoms with Gasteiger partial charge in [-0.25, -0.2) is 4.79 Å². The summed E-state index contributed by atoms with van der Waals surface area (Å²) in [6.45, 7) is 0. The SMILES string of the molecule is CNC(=O)OC1/C=C/C(O)CCC(OI)C1. The van der Waals surface area contributed by atoms with Crippen molar-refractivity contribution in [1.29, 1.82) is 0 Å². The molecule has 0 saturated heterocycles. The summed E-state index contributed by atoms with van der Waals surface area (Å²) < 4.78 is 10.4. The molecule has 0 aromatic carbocycles. The van der Waals surface area contributed by atoms with Crippen molar-refractivity contribution >= 4 is 29.1 Å². The molecule has 16 heavy (non-hydrogen) atoms. The average molecular weight is 341 g/mol. The van der Waals surface area contributed by atoms with Crippen LogP contribution < -0.4 is 5.32 Å². The first kappa shape index (κ1) is 13.7. The van der Waals surface area contributed by atoms with E-state index >= 15 is 0 Å². The van der Waals surface area contributed by atoms with Gasteiger partial charge in [0, 0.05) is 13.5 Å². The highest BCUT2D eigenvalue weighted by atomic mass is 127. The van der Waals surface area contributed by atoms with E-state index in [1.807, 2.05) is 23.0 Å². The second-order valence-corrected chi connectivity index (χ2v) is 4.18. The van der Waals surface area contributed by atoms with Gasteiger partial charge in [0.25, 0.3) is 0 Å². The lowest BCUT2D eigenvalue weighted by atomic mass is 10.00. The minimum absolute atomic E-state index is 0.00476. The van der Waals surface area contributed by atoms with E-state index in [4.69, 9.17) is 7.80 Å². The number of ether oxygens (including phenoxy) is 1. The zero-order chi connectivity index (χ0) is 12.0. The number of rotatable bonds is 2. The van der Waals surface area contributed by atoms with Gasteiger partial charge < -0.3 is 18.2 Å². The molecule has 1 aliphatic rings. The molecule has 0 aromatic heterocycles. The molecule has 92 valence electrons. The normalized spacial score (nSPS) is 32.3. The predicted molar refractivity (Wildman–Crippen MR) is 67.2 cm³/mol. The molecule has 1 aliphatic carbocycles. The van der Waals surface area contributed by atoms with Crippen LogP contribution in [0.15, 0.2) is 12.2 Å². The first-order chi connectivity index (χ1) is 7.65. The molecule has 0 aromatic rings. The van der Waals surface area contributed by atoms with Gasteiger partial charge in [-0.05, 0) is 18.9 Å². The Morgan fingerprint density at radius 2 is 2.25 bits per heavy atom. The summed E-state index contributed by atoms with van der Waals surface area (Å²) in [5.41, 5.74) is 0. The second kappa shape index (κ2) is 7.08. The van der Waals surface area contributed by atoms with Gasteiger partial charge >= 0.3 is 6.09 Å². The molecule has 2 N–H and O–H groups in total. The van der Waals surface area contributed by atoms with Gasteiger partial charge in [0.2, 0.25) is 0 Å². The molecular weight excluding hydrogens is 325 g/mol. The monoisotopic (exact) mass is 341 g/mol. The van der Waals surface area contributed by atoms with Gasteiger partial charge in [-0.1, -0.05) is 6.08 Å². The predicted octanol–water partition coefficient (Wildman–Crippen LogP) is 1.55. The van der Waals surface area contributed by atoms with Crippen molar-refractivity contribution in [3.8, 4) is 0 Å². The molecular formula is C10H16INO4. The van der Waals surface area contributed by atoms with E-state index in [-0.39, 0.29) is 12.2 Å². The third-order valence-electron chi connectivity index (χ3n) is 2.42. The zero-order valence-electron chi connectivity index (χ0n) is 9.06. The van der Waals surface area contributed by atoms with E-state index in [0.29, 0.717) is 12.8 Å². The van der Waals surface area contributed by atoms with E-state index in [1.54, 1.807) is 12.2 Å². The lowest BCUT2D eigenvalue weighted by molar-refractivity contribution is 0.0850. The first-order valence-electron chi connectivity index (χ1n) is 5.18. The van der Waals surface area contributed by atoms with Crippen molar-refractivity contribution in [1.82, 2.24) is 5.32 Å². The second-order valence-electron chi connectivity index (χ2n) is 3.67. The minimum atomic E-state index is -0.495. The molecule has 0 saturated carbocycles. The van der Waals surface area contributed by atoms with Crippen LogP contribution >= 0.6 is 23.0 Å². The summed E-state index contributed by atoms with van der Waals surface area (Å²) in [4.78, 5) is 11.1. The largest absolute Gasteiger partial charge is 0.442 e. The number of carbonyl (C=O) groups excluding carboxylic acids is 1. The Morgan fingerprint density at radius 1 is 1.50 bits per heavy atom. The highest BCUT2D eigenvalue weighted by Gasteiger charge is 2.21. The Balaban J connectivity index is 2.60. The van der Waals surface area contributed by atoms with Gasteiger partial charge in [0.15, 0.2) is 0 Å². The molecule has 0 bridgehead atoms.